The van der Waals surface area contributed by atoms with Gasteiger partial charge in [0.25, 0.3) is 0 Å². The second-order valence-electron chi connectivity index (χ2n) is 8.40. The lowest BCUT2D eigenvalue weighted by atomic mass is 10.1. The van der Waals surface area contributed by atoms with Crippen LogP contribution < -0.4 is 4.90 Å². The van der Waals surface area contributed by atoms with Crippen molar-refractivity contribution >= 4 is 44.8 Å². The van der Waals surface area contributed by atoms with Gasteiger partial charge >= 0.3 is 0 Å². The number of carbonyl (C=O) groups is 1. The Kier molecular flexibility index (Phi) is 8.31. The summed E-state index contributed by atoms with van der Waals surface area (Å²) in [6.07, 6.45) is 5.81. The van der Waals surface area contributed by atoms with Crippen molar-refractivity contribution in [3.8, 4) is 0 Å². The fourth-order valence-electron chi connectivity index (χ4n) is 4.45. The first-order valence-corrected chi connectivity index (χ1v) is 13.5. The third-order valence-corrected chi connectivity index (χ3v) is 9.16. The third-order valence-electron chi connectivity index (χ3n) is 6.25. The van der Waals surface area contributed by atoms with Gasteiger partial charge in [0.1, 0.15) is 11.5 Å². The highest BCUT2D eigenvalue weighted by atomic mass is 35.5. The van der Waals surface area contributed by atoms with Gasteiger partial charge in [-0.2, -0.15) is 4.31 Å². The highest BCUT2D eigenvalue weighted by Crippen LogP contribution is 2.34. The molecule has 34 heavy (non-hydrogen) atoms. The van der Waals surface area contributed by atoms with Crippen LogP contribution in [0.5, 0.6) is 0 Å². The predicted octanol–water partition coefficient (Wildman–Crippen LogP) is 3.30. The van der Waals surface area contributed by atoms with Crippen LogP contribution in [0.4, 0.5) is 5.69 Å². The normalized spacial score (nSPS) is 19.9. The molecule has 0 radical (unpaired) electrons. The molecule has 0 N–H and O–H groups in total. The number of rotatable bonds is 7. The van der Waals surface area contributed by atoms with E-state index in [2.05, 4.69) is 9.88 Å². The molecule has 2 saturated heterocycles. The Morgan fingerprint density at radius 3 is 2.35 bits per heavy atom. The molecule has 2 aliphatic rings. The zero-order valence-corrected chi connectivity index (χ0v) is 21.1. The minimum absolute atomic E-state index is 0.0756. The summed E-state index contributed by atoms with van der Waals surface area (Å²) in [5, 5.41) is 0.192. The molecule has 11 heteroatoms. The van der Waals surface area contributed by atoms with Crippen LogP contribution in [0.15, 0.2) is 47.6 Å². The molecule has 0 bridgehead atoms. The maximum absolute atomic E-state index is 13.3. The molecule has 1 aromatic carbocycles. The number of anilines is 1. The molecule has 1 amide bonds. The van der Waals surface area contributed by atoms with Gasteiger partial charge in [0.2, 0.25) is 15.9 Å². The highest BCUT2D eigenvalue weighted by Gasteiger charge is 2.36. The molecule has 4 rings (SSSR count). The molecule has 2 aromatic rings. The number of piperazine rings is 1. The van der Waals surface area contributed by atoms with Gasteiger partial charge in [0, 0.05) is 56.8 Å². The number of hydrogen-bond acceptors (Lipinski definition) is 6. The quantitative estimate of drug-likeness (QED) is 0.550. The summed E-state index contributed by atoms with van der Waals surface area (Å²) in [7, 11) is -3.89. The van der Waals surface area contributed by atoms with Crippen LogP contribution in [-0.2, 0) is 19.6 Å². The summed E-state index contributed by atoms with van der Waals surface area (Å²) in [6.45, 7) is 3.13. The Bertz CT molecular complexity index is 1080. The first kappa shape index (κ1) is 25.2. The predicted molar refractivity (Wildman–Crippen MR) is 132 cm³/mol. The molecule has 0 spiro atoms. The number of hydrogen-bond donors (Lipinski definition) is 0. The number of amides is 1. The van der Waals surface area contributed by atoms with E-state index in [1.54, 1.807) is 23.4 Å². The Labute approximate surface area is 210 Å². The third kappa shape index (κ3) is 5.66. The van der Waals surface area contributed by atoms with Crippen molar-refractivity contribution in [1.29, 1.82) is 0 Å². The summed E-state index contributed by atoms with van der Waals surface area (Å²) in [6, 6.07) is 8.19. The Morgan fingerprint density at radius 1 is 1.00 bits per heavy atom. The average Bonchev–Trinajstić information content (AvgIpc) is 2.84. The van der Waals surface area contributed by atoms with E-state index in [1.165, 1.54) is 16.4 Å². The van der Waals surface area contributed by atoms with Gasteiger partial charge in [-0.15, -0.1) is 0 Å². The first-order chi connectivity index (χ1) is 16.4. The first-order valence-electron chi connectivity index (χ1n) is 11.3. The van der Waals surface area contributed by atoms with Crippen molar-refractivity contribution in [3.63, 3.8) is 0 Å². The zero-order valence-electron chi connectivity index (χ0n) is 18.8. The van der Waals surface area contributed by atoms with Gasteiger partial charge in [-0.1, -0.05) is 35.7 Å². The Balaban J connectivity index is 1.31. The number of pyridine rings is 1. The molecule has 2 fully saturated rings. The fraction of sp³-hybridized carbons (Fsp3) is 0.478. The van der Waals surface area contributed by atoms with Crippen LogP contribution in [0.25, 0.3) is 0 Å². The van der Waals surface area contributed by atoms with Crippen molar-refractivity contribution in [3.05, 3.63) is 52.8 Å². The van der Waals surface area contributed by atoms with Crippen molar-refractivity contribution in [2.45, 2.75) is 30.2 Å². The second kappa shape index (κ2) is 11.2. The standard InChI is InChI=1S/C23H28Cl2N4O4S/c24-20-5-3-6-21(25)23(20)34(31,32)29-11-2-1-4-19(29)16-33-17-22(30)28-14-12-27(13-15-28)18-7-9-26-10-8-18/h3,5-10,19H,1-2,4,11-17H2. The van der Waals surface area contributed by atoms with Gasteiger partial charge < -0.3 is 14.5 Å². The lowest BCUT2D eigenvalue weighted by Crippen LogP contribution is -2.50. The molecule has 0 aliphatic carbocycles. The van der Waals surface area contributed by atoms with E-state index in [4.69, 9.17) is 27.9 Å². The number of nitrogens with zero attached hydrogens (tertiary/aromatic N) is 4. The van der Waals surface area contributed by atoms with Crippen LogP contribution in [0.3, 0.4) is 0 Å². The minimum atomic E-state index is -3.89. The van der Waals surface area contributed by atoms with Crippen LogP contribution >= 0.6 is 23.2 Å². The van der Waals surface area contributed by atoms with Crippen molar-refractivity contribution < 1.29 is 17.9 Å². The minimum Gasteiger partial charge on any atom is -0.370 e. The molecule has 8 nitrogen and oxygen atoms in total. The molecule has 1 unspecified atom stereocenters. The number of sulfonamides is 1. The van der Waals surface area contributed by atoms with Crippen LogP contribution in [0, 0.1) is 0 Å². The van der Waals surface area contributed by atoms with E-state index in [-0.39, 0.29) is 40.1 Å². The molecule has 0 saturated carbocycles. The smallest absolute Gasteiger partial charge is 0.248 e. The number of piperidine rings is 1. The van der Waals surface area contributed by atoms with Gasteiger partial charge in [0.15, 0.2) is 0 Å². The van der Waals surface area contributed by atoms with Crippen LogP contribution in [0.1, 0.15) is 19.3 Å². The average molecular weight is 527 g/mol. The van der Waals surface area contributed by atoms with Gasteiger partial charge in [0.05, 0.1) is 16.7 Å². The largest absolute Gasteiger partial charge is 0.370 e. The number of carbonyl (C=O) groups excluding carboxylic acids is 1. The van der Waals surface area contributed by atoms with Crippen molar-refractivity contribution in [2.24, 2.45) is 0 Å². The summed E-state index contributed by atoms with van der Waals surface area (Å²) in [5.74, 6) is -0.0891. The van der Waals surface area contributed by atoms with E-state index in [0.29, 0.717) is 26.1 Å². The lowest BCUT2D eigenvalue weighted by Gasteiger charge is -2.36. The molecule has 184 valence electrons. The molecular weight excluding hydrogens is 499 g/mol. The Hall–Kier alpha value is -1.91. The number of benzene rings is 1. The second-order valence-corrected chi connectivity index (χ2v) is 11.0. The van der Waals surface area contributed by atoms with E-state index >= 15 is 0 Å². The van der Waals surface area contributed by atoms with Gasteiger partial charge in [-0.25, -0.2) is 8.42 Å². The van der Waals surface area contributed by atoms with Crippen molar-refractivity contribution in [1.82, 2.24) is 14.2 Å². The summed E-state index contributed by atoms with van der Waals surface area (Å²) >= 11 is 12.4. The Morgan fingerprint density at radius 2 is 1.68 bits per heavy atom. The number of halogens is 2. The monoisotopic (exact) mass is 526 g/mol. The molecule has 1 aromatic heterocycles. The van der Waals surface area contributed by atoms with E-state index < -0.39 is 10.0 Å². The number of aromatic nitrogens is 1. The summed E-state index contributed by atoms with van der Waals surface area (Å²) < 4.78 is 33.9. The van der Waals surface area contributed by atoms with E-state index in [1.807, 2.05) is 12.1 Å². The van der Waals surface area contributed by atoms with Crippen LogP contribution in [0.2, 0.25) is 10.0 Å². The molecular formula is C23H28Cl2N4O4S. The number of ether oxygens (including phenoxy) is 1. The lowest BCUT2D eigenvalue weighted by molar-refractivity contribution is -0.137. The van der Waals surface area contributed by atoms with Gasteiger partial charge in [-0.05, 0) is 37.1 Å². The van der Waals surface area contributed by atoms with E-state index in [0.717, 1.165) is 31.6 Å². The highest BCUT2D eigenvalue weighted by molar-refractivity contribution is 7.89. The fourth-order valence-corrected chi connectivity index (χ4v) is 7.22. The topological polar surface area (TPSA) is 83.0 Å². The molecule has 3 heterocycles. The SMILES string of the molecule is O=C(COCC1CCCCN1S(=O)(=O)c1c(Cl)cccc1Cl)N1CCN(c2ccncc2)CC1. The zero-order chi connectivity index (χ0) is 24.1. The van der Waals surface area contributed by atoms with E-state index in [9.17, 15) is 13.2 Å². The molecule has 2 aliphatic heterocycles. The summed E-state index contributed by atoms with van der Waals surface area (Å²) in [5.41, 5.74) is 1.09. The van der Waals surface area contributed by atoms with Gasteiger partial charge in [-0.3, -0.25) is 9.78 Å². The van der Waals surface area contributed by atoms with Crippen molar-refractivity contribution in [2.75, 3.05) is 50.8 Å². The summed E-state index contributed by atoms with van der Waals surface area (Å²) in [4.78, 5) is 20.6. The van der Waals surface area contributed by atoms with Crippen LogP contribution in [-0.4, -0.2) is 80.5 Å². The maximum Gasteiger partial charge on any atom is 0.248 e. The maximum atomic E-state index is 13.3. The molecule has 1 atom stereocenters.